The first kappa shape index (κ1) is 14.3. The molecule has 0 saturated heterocycles. The third-order valence-electron chi connectivity index (χ3n) is 1.56. The van der Waals surface area contributed by atoms with Crippen molar-refractivity contribution in [2.24, 2.45) is 0 Å². The van der Waals surface area contributed by atoms with Crippen LogP contribution < -0.4 is 0 Å². The van der Waals surface area contributed by atoms with E-state index < -0.39 is 6.10 Å². The van der Waals surface area contributed by atoms with E-state index in [1.165, 1.54) is 0 Å². The Bertz CT molecular complexity index is 132. The molecule has 0 heterocycles. The van der Waals surface area contributed by atoms with Crippen LogP contribution in [0, 0.1) is 0 Å². The van der Waals surface area contributed by atoms with Gasteiger partial charge in [0.1, 0.15) is 0 Å². The predicted octanol–water partition coefficient (Wildman–Crippen LogP) is 0.984. The molecule has 0 aromatic rings. The van der Waals surface area contributed by atoms with E-state index in [9.17, 15) is 0 Å². The van der Waals surface area contributed by atoms with E-state index >= 15 is 0 Å². The molecule has 14 heavy (non-hydrogen) atoms. The van der Waals surface area contributed by atoms with Crippen LogP contribution in [0.2, 0.25) is 0 Å². The predicted molar refractivity (Wildman–Crippen MR) is 58.2 cm³/mol. The van der Waals surface area contributed by atoms with Crippen LogP contribution in [-0.4, -0.2) is 43.2 Å². The molecule has 0 rings (SSSR count). The zero-order valence-corrected chi connectivity index (χ0v) is 10.3. The Morgan fingerprint density at radius 1 is 1.07 bits per heavy atom. The van der Waals surface area contributed by atoms with Crippen LogP contribution in [0.15, 0.2) is 0 Å². The van der Waals surface area contributed by atoms with Crippen LogP contribution in [0.3, 0.4) is 0 Å². The Kier molecular flexibility index (Phi) is 8.73. The summed E-state index contributed by atoms with van der Waals surface area (Å²) < 4.78 is 15.6. The van der Waals surface area contributed by atoms with Crippen LogP contribution in [-0.2, 0) is 14.0 Å². The molecular weight excluding hydrogens is 203 g/mol. The lowest BCUT2D eigenvalue weighted by molar-refractivity contribution is -0.0436. The molecule has 4 atom stereocenters. The molecule has 0 fully saturated rings. The molecule has 0 aliphatic rings. The molecule has 5 heteroatoms. The summed E-state index contributed by atoms with van der Waals surface area (Å²) in [6.07, 6.45) is -0.327. The molecule has 0 radical (unpaired) electrons. The van der Waals surface area contributed by atoms with Gasteiger partial charge < -0.3 is 19.1 Å². The Labute approximate surface area is 88.2 Å². The summed E-state index contributed by atoms with van der Waals surface area (Å²) in [6.45, 7) is 6.93. The largest absolute Gasteiger partial charge is 0.391 e. The van der Waals surface area contributed by atoms with Crippen molar-refractivity contribution in [3.05, 3.63) is 0 Å². The van der Waals surface area contributed by atoms with Gasteiger partial charge in [0.25, 0.3) is 0 Å². The molecule has 0 aromatic heterocycles. The maximum atomic E-state index is 8.93. The lowest BCUT2D eigenvalue weighted by atomic mass is 10.4. The second-order valence-corrected chi connectivity index (χ2v) is 3.75. The highest BCUT2D eigenvalue weighted by molar-refractivity contribution is 7.09. The van der Waals surface area contributed by atoms with Crippen molar-refractivity contribution in [1.29, 1.82) is 0 Å². The Hall–Kier alpha value is 0.270. The lowest BCUT2D eigenvalue weighted by Gasteiger charge is -2.16. The number of rotatable bonds is 8. The number of aliphatic hydroxyl groups excluding tert-OH is 1. The zero-order chi connectivity index (χ0) is 11.0. The molecule has 0 bridgehead atoms. The van der Waals surface area contributed by atoms with Crippen molar-refractivity contribution in [2.45, 2.75) is 39.1 Å². The second kappa shape index (κ2) is 8.57. The van der Waals surface area contributed by atoms with Gasteiger partial charge in [-0.25, -0.2) is 0 Å². The van der Waals surface area contributed by atoms with Gasteiger partial charge in [0.05, 0.1) is 38.1 Å². The highest BCUT2D eigenvalue weighted by Gasteiger charge is 2.06. The highest BCUT2D eigenvalue weighted by atomic mass is 31.0. The molecule has 0 aromatic carbocycles. The quantitative estimate of drug-likeness (QED) is 0.624. The Morgan fingerprint density at radius 2 is 1.71 bits per heavy atom. The highest BCUT2D eigenvalue weighted by Crippen LogP contribution is 2.00. The van der Waals surface area contributed by atoms with E-state index in [0.29, 0.717) is 19.8 Å². The molecule has 0 amide bonds. The molecule has 4 nitrogen and oxygen atoms in total. The fraction of sp³-hybridized carbons (Fsp3) is 1.00. The third-order valence-corrected chi connectivity index (χ3v) is 2.02. The lowest BCUT2D eigenvalue weighted by Crippen LogP contribution is -2.23. The average Bonchev–Trinajstić information content (AvgIpc) is 2.13. The summed E-state index contributed by atoms with van der Waals surface area (Å²) in [6, 6.07) is 0. The average molecular weight is 224 g/mol. The van der Waals surface area contributed by atoms with E-state index in [1.54, 1.807) is 6.92 Å². The van der Waals surface area contributed by atoms with Gasteiger partial charge in [0.2, 0.25) is 0 Å². The number of hydrogen-bond acceptors (Lipinski definition) is 4. The van der Waals surface area contributed by atoms with Crippen LogP contribution in [0.25, 0.3) is 0 Å². The minimum Gasteiger partial charge on any atom is -0.391 e. The SMILES string of the molecule is CC(O)COCC(C)OCC(C)OP. The van der Waals surface area contributed by atoms with Crippen LogP contribution in [0.4, 0.5) is 0 Å². The first-order valence-electron chi connectivity index (χ1n) is 4.79. The van der Waals surface area contributed by atoms with Crippen molar-refractivity contribution in [1.82, 2.24) is 0 Å². The molecule has 86 valence electrons. The maximum absolute atomic E-state index is 8.93. The number of hydrogen-bond donors (Lipinski definition) is 1. The summed E-state index contributed by atoms with van der Waals surface area (Å²) in [4.78, 5) is 0. The summed E-state index contributed by atoms with van der Waals surface area (Å²) >= 11 is 0. The standard InChI is InChI=1S/C9H21O4P/c1-7(10)4-11-5-8(2)12-6-9(3)13-14/h7-10H,4-6,14H2,1-3H3. The van der Waals surface area contributed by atoms with Crippen molar-refractivity contribution in [3.8, 4) is 0 Å². The molecule has 4 unspecified atom stereocenters. The summed E-state index contributed by atoms with van der Waals surface area (Å²) in [5, 5.41) is 8.93. The van der Waals surface area contributed by atoms with E-state index in [2.05, 4.69) is 9.47 Å². The van der Waals surface area contributed by atoms with Crippen molar-refractivity contribution < 1.29 is 19.1 Å². The van der Waals surface area contributed by atoms with Crippen molar-refractivity contribution in [2.75, 3.05) is 19.8 Å². The summed E-state index contributed by atoms with van der Waals surface area (Å²) in [5.74, 6) is 0. The molecule has 0 aliphatic heterocycles. The van der Waals surface area contributed by atoms with Gasteiger partial charge in [-0.1, -0.05) is 0 Å². The van der Waals surface area contributed by atoms with Gasteiger partial charge in [0, 0.05) is 9.47 Å². The number of ether oxygens (including phenoxy) is 2. The molecule has 0 saturated carbocycles. The third kappa shape index (κ3) is 8.85. The van der Waals surface area contributed by atoms with Gasteiger partial charge in [-0.05, 0) is 20.8 Å². The van der Waals surface area contributed by atoms with E-state index in [0.717, 1.165) is 0 Å². The van der Waals surface area contributed by atoms with Crippen LogP contribution in [0.1, 0.15) is 20.8 Å². The molecule has 0 aliphatic carbocycles. The summed E-state index contributed by atoms with van der Waals surface area (Å²) in [5.41, 5.74) is 0. The van der Waals surface area contributed by atoms with E-state index in [4.69, 9.17) is 19.1 Å². The number of aliphatic hydroxyl groups is 1. The normalized spacial score (nSPS) is 17.8. The second-order valence-electron chi connectivity index (χ2n) is 3.48. The van der Waals surface area contributed by atoms with Gasteiger partial charge >= 0.3 is 0 Å². The Morgan fingerprint density at radius 3 is 2.21 bits per heavy atom. The molecular formula is C9H21O4P. The smallest absolute Gasteiger partial charge is 0.0816 e. The van der Waals surface area contributed by atoms with Gasteiger partial charge in [-0.3, -0.25) is 0 Å². The van der Waals surface area contributed by atoms with Gasteiger partial charge in [-0.2, -0.15) is 0 Å². The van der Waals surface area contributed by atoms with E-state index in [-0.39, 0.29) is 12.2 Å². The topological polar surface area (TPSA) is 47.9 Å². The summed E-state index contributed by atoms with van der Waals surface area (Å²) in [7, 11) is 2.21. The maximum Gasteiger partial charge on any atom is 0.0816 e. The van der Waals surface area contributed by atoms with Crippen LogP contribution >= 0.6 is 9.47 Å². The van der Waals surface area contributed by atoms with E-state index in [1.807, 2.05) is 13.8 Å². The van der Waals surface area contributed by atoms with Crippen molar-refractivity contribution in [3.63, 3.8) is 0 Å². The minimum absolute atomic E-state index is 0.0244. The van der Waals surface area contributed by atoms with Gasteiger partial charge in [-0.15, -0.1) is 0 Å². The fourth-order valence-electron chi connectivity index (χ4n) is 0.792. The Balaban J connectivity index is 3.32. The van der Waals surface area contributed by atoms with Crippen LogP contribution in [0.5, 0.6) is 0 Å². The first-order valence-corrected chi connectivity index (χ1v) is 5.26. The minimum atomic E-state index is -0.420. The molecule has 1 N–H and O–H groups in total. The zero-order valence-electron chi connectivity index (χ0n) is 9.10. The monoisotopic (exact) mass is 224 g/mol. The first-order chi connectivity index (χ1) is 6.56. The fourth-order valence-corrected chi connectivity index (χ4v) is 0.870. The van der Waals surface area contributed by atoms with Crippen molar-refractivity contribution >= 4 is 9.47 Å². The van der Waals surface area contributed by atoms with Gasteiger partial charge in [0.15, 0.2) is 0 Å². The molecule has 0 spiro atoms.